The Balaban J connectivity index is 2.05. The summed E-state index contributed by atoms with van der Waals surface area (Å²) < 4.78 is 0. The van der Waals surface area contributed by atoms with Gasteiger partial charge in [-0.1, -0.05) is 31.4 Å². The van der Waals surface area contributed by atoms with Gasteiger partial charge in [-0.3, -0.25) is 0 Å². The molecule has 2 atom stereocenters. The average Bonchev–Trinajstić information content (AvgIpc) is 2.34. The maximum atomic E-state index is 6.14. The Morgan fingerprint density at radius 3 is 3.00 bits per heavy atom. The van der Waals surface area contributed by atoms with E-state index in [2.05, 4.69) is 27.5 Å². The van der Waals surface area contributed by atoms with Gasteiger partial charge in [-0.15, -0.1) is 0 Å². The number of rotatable bonds is 4. The number of anilines is 2. The standard InChI is InChI=1S/C13H21ClN4/c1-3-15-13-16-8-11(14)12(18-13)17-10-6-4-5-9(2)7-10/h8-10H,3-7H2,1-2H3,(H2,15,16,17,18). The molecule has 1 fully saturated rings. The summed E-state index contributed by atoms with van der Waals surface area (Å²) in [5.41, 5.74) is 0. The summed E-state index contributed by atoms with van der Waals surface area (Å²) in [6.45, 7) is 5.13. The van der Waals surface area contributed by atoms with Gasteiger partial charge in [0.05, 0.1) is 6.20 Å². The first-order chi connectivity index (χ1) is 8.69. The van der Waals surface area contributed by atoms with Gasteiger partial charge in [-0.2, -0.15) is 4.98 Å². The van der Waals surface area contributed by atoms with Gasteiger partial charge in [-0.25, -0.2) is 4.98 Å². The van der Waals surface area contributed by atoms with Crippen molar-refractivity contribution in [2.24, 2.45) is 5.92 Å². The molecule has 2 unspecified atom stereocenters. The first-order valence-corrected chi connectivity index (χ1v) is 7.09. The molecule has 1 aliphatic carbocycles. The van der Waals surface area contributed by atoms with E-state index in [9.17, 15) is 0 Å². The monoisotopic (exact) mass is 268 g/mol. The fourth-order valence-electron chi connectivity index (χ4n) is 2.47. The second kappa shape index (κ2) is 6.23. The van der Waals surface area contributed by atoms with Crippen LogP contribution in [0, 0.1) is 5.92 Å². The normalized spacial score (nSPS) is 23.7. The molecule has 1 aliphatic rings. The average molecular weight is 269 g/mol. The lowest BCUT2D eigenvalue weighted by atomic mass is 9.87. The molecule has 0 bridgehead atoms. The van der Waals surface area contributed by atoms with Crippen LogP contribution in [0.25, 0.3) is 0 Å². The Labute approximate surface area is 114 Å². The van der Waals surface area contributed by atoms with Gasteiger partial charge >= 0.3 is 0 Å². The fourth-order valence-corrected chi connectivity index (χ4v) is 2.62. The maximum absolute atomic E-state index is 6.14. The Morgan fingerprint density at radius 2 is 2.28 bits per heavy atom. The highest BCUT2D eigenvalue weighted by atomic mass is 35.5. The minimum atomic E-state index is 0.482. The quantitative estimate of drug-likeness (QED) is 0.877. The SMILES string of the molecule is CCNc1ncc(Cl)c(NC2CCCC(C)C2)n1. The molecular formula is C13H21ClN4. The van der Waals surface area contributed by atoms with Crippen molar-refractivity contribution >= 4 is 23.4 Å². The van der Waals surface area contributed by atoms with Crippen LogP contribution in [-0.2, 0) is 0 Å². The maximum Gasteiger partial charge on any atom is 0.224 e. The van der Waals surface area contributed by atoms with Crippen molar-refractivity contribution in [2.45, 2.75) is 45.6 Å². The zero-order valence-electron chi connectivity index (χ0n) is 11.0. The molecule has 0 aromatic carbocycles. The number of nitrogens with one attached hydrogen (secondary N) is 2. The van der Waals surface area contributed by atoms with E-state index >= 15 is 0 Å². The zero-order valence-corrected chi connectivity index (χ0v) is 11.8. The van der Waals surface area contributed by atoms with Crippen LogP contribution in [0.3, 0.4) is 0 Å². The lowest BCUT2D eigenvalue weighted by molar-refractivity contribution is 0.358. The van der Waals surface area contributed by atoms with E-state index < -0.39 is 0 Å². The molecule has 0 amide bonds. The van der Waals surface area contributed by atoms with Crippen LogP contribution in [0.5, 0.6) is 0 Å². The summed E-state index contributed by atoms with van der Waals surface area (Å²) in [6, 6.07) is 0.482. The van der Waals surface area contributed by atoms with E-state index in [1.165, 1.54) is 25.7 Å². The number of nitrogens with zero attached hydrogens (tertiary/aromatic N) is 2. The third-order valence-electron chi connectivity index (χ3n) is 3.36. The molecule has 5 heteroatoms. The minimum absolute atomic E-state index is 0.482. The summed E-state index contributed by atoms with van der Waals surface area (Å²) in [6.07, 6.45) is 6.65. The summed E-state index contributed by atoms with van der Waals surface area (Å²) in [4.78, 5) is 8.56. The predicted molar refractivity (Wildman–Crippen MR) is 76.2 cm³/mol. The minimum Gasteiger partial charge on any atom is -0.366 e. The number of hydrogen-bond acceptors (Lipinski definition) is 4. The highest BCUT2D eigenvalue weighted by molar-refractivity contribution is 6.32. The number of aromatic nitrogens is 2. The smallest absolute Gasteiger partial charge is 0.224 e. The first-order valence-electron chi connectivity index (χ1n) is 6.72. The molecule has 0 spiro atoms. The van der Waals surface area contributed by atoms with Gasteiger partial charge in [0.2, 0.25) is 5.95 Å². The van der Waals surface area contributed by atoms with Crippen molar-refractivity contribution in [3.8, 4) is 0 Å². The van der Waals surface area contributed by atoms with Gasteiger partial charge in [0.25, 0.3) is 0 Å². The molecule has 1 aromatic rings. The molecule has 4 nitrogen and oxygen atoms in total. The third kappa shape index (κ3) is 3.48. The van der Waals surface area contributed by atoms with Crippen LogP contribution in [0.2, 0.25) is 5.02 Å². The second-order valence-corrected chi connectivity index (χ2v) is 5.44. The topological polar surface area (TPSA) is 49.8 Å². The van der Waals surface area contributed by atoms with Crippen molar-refractivity contribution < 1.29 is 0 Å². The molecule has 0 radical (unpaired) electrons. The Bertz CT molecular complexity index is 397. The molecule has 2 N–H and O–H groups in total. The largest absolute Gasteiger partial charge is 0.366 e. The lowest BCUT2D eigenvalue weighted by Crippen LogP contribution is -2.27. The Hall–Kier alpha value is -1.03. The molecule has 0 aliphatic heterocycles. The van der Waals surface area contributed by atoms with Crippen molar-refractivity contribution in [3.63, 3.8) is 0 Å². The van der Waals surface area contributed by atoms with Gasteiger partial charge in [0.1, 0.15) is 5.02 Å². The second-order valence-electron chi connectivity index (χ2n) is 5.03. The van der Waals surface area contributed by atoms with Gasteiger partial charge < -0.3 is 10.6 Å². The van der Waals surface area contributed by atoms with Gasteiger partial charge in [0, 0.05) is 12.6 Å². The molecule has 1 heterocycles. The summed E-state index contributed by atoms with van der Waals surface area (Å²) >= 11 is 6.14. The third-order valence-corrected chi connectivity index (χ3v) is 3.63. The Morgan fingerprint density at radius 1 is 1.44 bits per heavy atom. The summed E-state index contributed by atoms with van der Waals surface area (Å²) in [5.74, 6) is 2.17. The molecule has 100 valence electrons. The molecule has 0 saturated heterocycles. The van der Waals surface area contributed by atoms with Crippen LogP contribution in [-0.4, -0.2) is 22.6 Å². The number of hydrogen-bond donors (Lipinski definition) is 2. The van der Waals surface area contributed by atoms with E-state index in [0.717, 1.165) is 18.3 Å². The van der Waals surface area contributed by atoms with E-state index in [1.807, 2.05) is 6.92 Å². The first kappa shape index (κ1) is 13.4. The van der Waals surface area contributed by atoms with Crippen LogP contribution in [0.4, 0.5) is 11.8 Å². The van der Waals surface area contributed by atoms with Crippen molar-refractivity contribution in [1.82, 2.24) is 9.97 Å². The highest BCUT2D eigenvalue weighted by Crippen LogP contribution is 2.28. The summed E-state index contributed by atoms with van der Waals surface area (Å²) in [5, 5.41) is 7.15. The molecule has 1 saturated carbocycles. The fraction of sp³-hybridized carbons (Fsp3) is 0.692. The Kier molecular flexibility index (Phi) is 4.64. The van der Waals surface area contributed by atoms with Crippen LogP contribution in [0.1, 0.15) is 39.5 Å². The van der Waals surface area contributed by atoms with Crippen LogP contribution < -0.4 is 10.6 Å². The number of halogens is 1. The molecular weight excluding hydrogens is 248 g/mol. The van der Waals surface area contributed by atoms with E-state index in [-0.39, 0.29) is 0 Å². The van der Waals surface area contributed by atoms with Gasteiger partial charge in [0.15, 0.2) is 5.82 Å². The molecule has 18 heavy (non-hydrogen) atoms. The van der Waals surface area contributed by atoms with Crippen LogP contribution in [0.15, 0.2) is 6.20 Å². The van der Waals surface area contributed by atoms with E-state index in [0.29, 0.717) is 17.0 Å². The lowest BCUT2D eigenvalue weighted by Gasteiger charge is -2.28. The molecule has 1 aromatic heterocycles. The van der Waals surface area contributed by atoms with E-state index in [4.69, 9.17) is 11.6 Å². The summed E-state index contributed by atoms with van der Waals surface area (Å²) in [7, 11) is 0. The van der Waals surface area contributed by atoms with E-state index in [1.54, 1.807) is 6.20 Å². The van der Waals surface area contributed by atoms with Crippen molar-refractivity contribution in [3.05, 3.63) is 11.2 Å². The zero-order chi connectivity index (χ0) is 13.0. The van der Waals surface area contributed by atoms with Gasteiger partial charge in [-0.05, 0) is 25.7 Å². The predicted octanol–water partition coefficient (Wildman–Crippen LogP) is 3.55. The van der Waals surface area contributed by atoms with Crippen LogP contribution >= 0.6 is 11.6 Å². The molecule has 2 rings (SSSR count). The highest BCUT2D eigenvalue weighted by Gasteiger charge is 2.20. The van der Waals surface area contributed by atoms with Crippen molar-refractivity contribution in [2.75, 3.05) is 17.2 Å². The van der Waals surface area contributed by atoms with Crippen molar-refractivity contribution in [1.29, 1.82) is 0 Å².